The summed E-state index contributed by atoms with van der Waals surface area (Å²) >= 11 is 0. The summed E-state index contributed by atoms with van der Waals surface area (Å²) < 4.78 is 1.93. The third-order valence-corrected chi connectivity index (χ3v) is 5.50. The molecule has 3 rings (SSSR count). The van der Waals surface area contributed by atoms with Crippen LogP contribution in [0.3, 0.4) is 0 Å². The second kappa shape index (κ2) is 8.23. The Labute approximate surface area is 150 Å². The summed E-state index contributed by atoms with van der Waals surface area (Å²) in [5, 5.41) is 12.1. The first kappa shape index (κ1) is 18.3. The maximum absolute atomic E-state index is 11.6. The highest BCUT2D eigenvalue weighted by atomic mass is 16.2. The molecular formula is C17H31N7O. The van der Waals surface area contributed by atoms with E-state index in [9.17, 15) is 4.79 Å². The van der Waals surface area contributed by atoms with Crippen molar-refractivity contribution in [3.8, 4) is 0 Å². The molecule has 0 N–H and O–H groups in total. The monoisotopic (exact) mass is 349 g/mol. The molecule has 1 aromatic rings. The Kier molecular flexibility index (Phi) is 6.01. The van der Waals surface area contributed by atoms with E-state index < -0.39 is 0 Å². The van der Waals surface area contributed by atoms with Crippen LogP contribution in [-0.2, 0) is 17.9 Å². The Balaban J connectivity index is 1.57. The van der Waals surface area contributed by atoms with Crippen LogP contribution in [-0.4, -0.2) is 86.1 Å². The van der Waals surface area contributed by atoms with Gasteiger partial charge in [-0.1, -0.05) is 13.8 Å². The number of carbonyl (C=O) groups is 1. The van der Waals surface area contributed by atoms with E-state index in [0.29, 0.717) is 12.0 Å². The molecule has 2 atom stereocenters. The van der Waals surface area contributed by atoms with Crippen molar-refractivity contribution in [2.24, 2.45) is 5.92 Å². The third-order valence-electron chi connectivity index (χ3n) is 5.50. The minimum atomic E-state index is 0.200. The van der Waals surface area contributed by atoms with Crippen LogP contribution in [0.5, 0.6) is 0 Å². The lowest BCUT2D eigenvalue weighted by molar-refractivity contribution is -0.128. The first-order valence-corrected chi connectivity index (χ1v) is 9.55. The molecule has 0 saturated carbocycles. The molecule has 0 bridgehead atoms. The number of aromatic nitrogens is 4. The van der Waals surface area contributed by atoms with Crippen molar-refractivity contribution in [2.45, 2.75) is 52.7 Å². The molecule has 3 heterocycles. The van der Waals surface area contributed by atoms with E-state index >= 15 is 0 Å². The minimum Gasteiger partial charge on any atom is -0.342 e. The summed E-state index contributed by atoms with van der Waals surface area (Å²) in [5.74, 6) is 1.79. The molecule has 1 amide bonds. The maximum atomic E-state index is 11.6. The average molecular weight is 349 g/mol. The van der Waals surface area contributed by atoms with Crippen LogP contribution in [0.25, 0.3) is 0 Å². The maximum Gasteiger partial charge on any atom is 0.219 e. The van der Waals surface area contributed by atoms with Crippen LogP contribution < -0.4 is 0 Å². The van der Waals surface area contributed by atoms with Gasteiger partial charge in [-0.2, -0.15) is 0 Å². The number of hydrogen-bond donors (Lipinski definition) is 0. The molecule has 140 valence electrons. The van der Waals surface area contributed by atoms with Gasteiger partial charge in [-0.05, 0) is 29.2 Å². The highest BCUT2D eigenvalue weighted by molar-refractivity contribution is 5.73. The fourth-order valence-electron chi connectivity index (χ4n) is 4.16. The average Bonchev–Trinajstić information content (AvgIpc) is 3.06. The van der Waals surface area contributed by atoms with Gasteiger partial charge in [-0.15, -0.1) is 5.10 Å². The molecule has 0 spiro atoms. The molecule has 8 heteroatoms. The number of hydrogen-bond acceptors (Lipinski definition) is 6. The lowest BCUT2D eigenvalue weighted by Crippen LogP contribution is -2.43. The van der Waals surface area contributed by atoms with Crippen molar-refractivity contribution < 1.29 is 4.79 Å². The lowest BCUT2D eigenvalue weighted by Gasteiger charge is -2.30. The number of likely N-dealkylation sites (tertiary alicyclic amines) is 1. The van der Waals surface area contributed by atoms with Gasteiger partial charge in [-0.3, -0.25) is 14.6 Å². The van der Waals surface area contributed by atoms with E-state index in [4.69, 9.17) is 0 Å². The third kappa shape index (κ3) is 4.36. The Bertz CT molecular complexity index is 575. The van der Waals surface area contributed by atoms with Gasteiger partial charge in [0.05, 0.1) is 6.54 Å². The molecule has 8 nitrogen and oxygen atoms in total. The molecule has 2 saturated heterocycles. The van der Waals surface area contributed by atoms with Crippen LogP contribution in [0.2, 0.25) is 0 Å². The first-order valence-electron chi connectivity index (χ1n) is 9.55. The zero-order valence-corrected chi connectivity index (χ0v) is 15.8. The number of aryl methyl sites for hydroxylation is 1. The Morgan fingerprint density at radius 3 is 2.80 bits per heavy atom. The fourth-order valence-corrected chi connectivity index (χ4v) is 4.16. The number of rotatable bonds is 5. The smallest absolute Gasteiger partial charge is 0.219 e. The Hall–Kier alpha value is -1.54. The van der Waals surface area contributed by atoms with E-state index in [1.807, 2.05) is 9.58 Å². The Morgan fingerprint density at radius 1 is 1.20 bits per heavy atom. The van der Waals surface area contributed by atoms with Crippen molar-refractivity contribution in [2.75, 3.05) is 39.3 Å². The van der Waals surface area contributed by atoms with Gasteiger partial charge in [-0.25, -0.2) is 4.68 Å². The summed E-state index contributed by atoms with van der Waals surface area (Å²) in [6, 6.07) is 0.558. The van der Waals surface area contributed by atoms with Crippen LogP contribution in [0, 0.1) is 5.92 Å². The second-order valence-electron chi connectivity index (χ2n) is 7.45. The van der Waals surface area contributed by atoms with Crippen molar-refractivity contribution in [1.82, 2.24) is 34.9 Å². The molecule has 2 aliphatic rings. The van der Waals surface area contributed by atoms with Crippen LogP contribution in [0.4, 0.5) is 0 Å². The van der Waals surface area contributed by atoms with E-state index in [-0.39, 0.29) is 5.91 Å². The van der Waals surface area contributed by atoms with E-state index in [1.165, 1.54) is 0 Å². The molecule has 0 aromatic carbocycles. The SMILES string of the molecule is CCCn1nnnc1CN1C[C@H](C)[C@@H](N2CCCN(C(C)=O)CC2)C1. The van der Waals surface area contributed by atoms with Crippen LogP contribution in [0.1, 0.15) is 39.4 Å². The number of carbonyl (C=O) groups excluding carboxylic acids is 1. The van der Waals surface area contributed by atoms with Gasteiger partial charge in [0, 0.05) is 58.8 Å². The zero-order valence-electron chi connectivity index (χ0n) is 15.8. The number of nitrogens with zero attached hydrogens (tertiary/aromatic N) is 7. The van der Waals surface area contributed by atoms with Crippen molar-refractivity contribution >= 4 is 5.91 Å². The molecule has 0 unspecified atom stereocenters. The summed E-state index contributed by atoms with van der Waals surface area (Å²) in [7, 11) is 0. The summed E-state index contributed by atoms with van der Waals surface area (Å²) in [4.78, 5) is 18.7. The van der Waals surface area contributed by atoms with Crippen molar-refractivity contribution in [3.63, 3.8) is 0 Å². The Morgan fingerprint density at radius 2 is 2.04 bits per heavy atom. The standard InChI is InChI=1S/C17H31N7O/c1-4-6-24-17(18-19-20-24)13-21-11-14(2)16(12-21)23-8-5-7-22(9-10-23)15(3)25/h14,16H,4-13H2,1-3H3/t14-,16-/m0/s1. The predicted molar refractivity (Wildman–Crippen MR) is 94.8 cm³/mol. The minimum absolute atomic E-state index is 0.200. The summed E-state index contributed by atoms with van der Waals surface area (Å²) in [6.45, 7) is 13.8. The van der Waals surface area contributed by atoms with Crippen LogP contribution in [0.15, 0.2) is 0 Å². The van der Waals surface area contributed by atoms with Gasteiger partial charge in [0.25, 0.3) is 0 Å². The van der Waals surface area contributed by atoms with Gasteiger partial charge in [0.2, 0.25) is 5.91 Å². The van der Waals surface area contributed by atoms with Gasteiger partial charge in [0.15, 0.2) is 5.82 Å². The molecule has 2 fully saturated rings. The number of tetrazole rings is 1. The van der Waals surface area contributed by atoms with E-state index in [0.717, 1.165) is 71.0 Å². The van der Waals surface area contributed by atoms with E-state index in [2.05, 4.69) is 39.2 Å². The van der Waals surface area contributed by atoms with Crippen LogP contribution >= 0.6 is 0 Å². The highest BCUT2D eigenvalue weighted by Gasteiger charge is 2.35. The van der Waals surface area contributed by atoms with Gasteiger partial charge >= 0.3 is 0 Å². The largest absolute Gasteiger partial charge is 0.342 e. The van der Waals surface area contributed by atoms with Crippen molar-refractivity contribution in [3.05, 3.63) is 5.82 Å². The highest BCUT2D eigenvalue weighted by Crippen LogP contribution is 2.24. The topological polar surface area (TPSA) is 70.4 Å². The van der Waals surface area contributed by atoms with Crippen molar-refractivity contribution in [1.29, 1.82) is 0 Å². The molecule has 1 aromatic heterocycles. The molecule has 0 radical (unpaired) electrons. The first-order chi connectivity index (χ1) is 12.1. The second-order valence-corrected chi connectivity index (χ2v) is 7.45. The fraction of sp³-hybridized carbons (Fsp3) is 0.882. The summed E-state index contributed by atoms with van der Waals surface area (Å²) in [6.07, 6.45) is 2.11. The molecular weight excluding hydrogens is 318 g/mol. The van der Waals surface area contributed by atoms with Gasteiger partial charge < -0.3 is 4.90 Å². The lowest BCUT2D eigenvalue weighted by atomic mass is 10.0. The molecule has 0 aliphatic carbocycles. The van der Waals surface area contributed by atoms with E-state index in [1.54, 1.807) is 6.92 Å². The number of amides is 1. The summed E-state index contributed by atoms with van der Waals surface area (Å²) in [5.41, 5.74) is 0. The quantitative estimate of drug-likeness (QED) is 0.769. The zero-order chi connectivity index (χ0) is 17.8. The molecule has 25 heavy (non-hydrogen) atoms. The van der Waals surface area contributed by atoms with Gasteiger partial charge in [0.1, 0.15) is 0 Å². The normalized spacial score (nSPS) is 26.1. The molecule has 2 aliphatic heterocycles. The predicted octanol–water partition coefficient (Wildman–Crippen LogP) is 0.458.